The van der Waals surface area contributed by atoms with Crippen LogP contribution in [-0.4, -0.2) is 35.6 Å². The lowest BCUT2D eigenvalue weighted by molar-refractivity contribution is -0.380. The number of carbonyl (C=O) groups excluding carboxylic acids is 2. The third-order valence-corrected chi connectivity index (χ3v) is 3.98. The molecule has 1 heterocycles. The standard InChI is InChI=1S/C14H14N4O6S/c1-3-23-10-6-8(24-13(15)20)4-5-9(10)12(19)17(2)14-16-7-11(25-14)18(21)22/h4-7H,3H2,1-2H3,(H2,15,20). The van der Waals surface area contributed by atoms with Crippen LogP contribution in [-0.2, 0) is 0 Å². The quantitative estimate of drug-likeness (QED) is 0.610. The second kappa shape index (κ2) is 7.57. The fraction of sp³-hybridized carbons (Fsp3) is 0.214. The summed E-state index contributed by atoms with van der Waals surface area (Å²) < 4.78 is 10.2. The van der Waals surface area contributed by atoms with Crippen LogP contribution in [0.2, 0.25) is 0 Å². The van der Waals surface area contributed by atoms with Crippen LogP contribution in [0.25, 0.3) is 0 Å². The molecule has 1 aromatic heterocycles. The molecule has 25 heavy (non-hydrogen) atoms. The van der Waals surface area contributed by atoms with Crippen LogP contribution in [0.15, 0.2) is 24.4 Å². The highest BCUT2D eigenvalue weighted by Gasteiger charge is 2.23. The van der Waals surface area contributed by atoms with Gasteiger partial charge in [0, 0.05) is 13.1 Å². The molecule has 11 heteroatoms. The summed E-state index contributed by atoms with van der Waals surface area (Å²) in [6.07, 6.45) is 0.0885. The van der Waals surface area contributed by atoms with Crippen LogP contribution in [0.1, 0.15) is 17.3 Å². The zero-order valence-corrected chi connectivity index (χ0v) is 14.1. The Labute approximate surface area is 145 Å². The van der Waals surface area contributed by atoms with E-state index in [-0.39, 0.29) is 33.8 Å². The lowest BCUT2D eigenvalue weighted by Gasteiger charge is -2.16. The summed E-state index contributed by atoms with van der Waals surface area (Å²) in [5.74, 6) is -0.178. The summed E-state index contributed by atoms with van der Waals surface area (Å²) in [5, 5.41) is 10.7. The van der Waals surface area contributed by atoms with E-state index >= 15 is 0 Å². The molecule has 2 amide bonds. The van der Waals surface area contributed by atoms with Gasteiger partial charge in [0.15, 0.2) is 5.13 Å². The molecule has 0 aliphatic heterocycles. The predicted octanol–water partition coefficient (Wildman–Crippen LogP) is 2.18. The topological polar surface area (TPSA) is 138 Å². The van der Waals surface area contributed by atoms with E-state index in [4.69, 9.17) is 15.2 Å². The largest absolute Gasteiger partial charge is 0.493 e. The van der Waals surface area contributed by atoms with Crippen molar-refractivity contribution in [3.05, 3.63) is 40.1 Å². The van der Waals surface area contributed by atoms with Crippen LogP contribution < -0.4 is 20.1 Å². The van der Waals surface area contributed by atoms with E-state index in [0.717, 1.165) is 17.5 Å². The van der Waals surface area contributed by atoms with Crippen LogP contribution in [0, 0.1) is 10.1 Å². The average molecular weight is 366 g/mol. The first kappa shape index (κ1) is 18.1. The van der Waals surface area contributed by atoms with Crippen LogP contribution in [0.4, 0.5) is 14.9 Å². The molecule has 0 atom stereocenters. The van der Waals surface area contributed by atoms with Gasteiger partial charge in [-0.2, -0.15) is 0 Å². The number of hydrogen-bond acceptors (Lipinski definition) is 8. The smallest absolute Gasteiger partial charge is 0.409 e. The molecule has 2 N–H and O–H groups in total. The van der Waals surface area contributed by atoms with E-state index < -0.39 is 16.9 Å². The summed E-state index contributed by atoms with van der Waals surface area (Å²) in [6, 6.07) is 4.16. The van der Waals surface area contributed by atoms with Gasteiger partial charge in [-0.15, -0.1) is 0 Å². The molecule has 0 saturated heterocycles. The SMILES string of the molecule is CCOc1cc(OC(N)=O)ccc1C(=O)N(C)c1ncc([N+](=O)[O-])s1. The maximum Gasteiger partial charge on any atom is 0.409 e. The number of carbonyl (C=O) groups is 2. The Morgan fingerprint density at radius 3 is 2.72 bits per heavy atom. The van der Waals surface area contributed by atoms with E-state index in [1.807, 2.05) is 0 Å². The molecule has 0 bridgehead atoms. The maximum absolute atomic E-state index is 12.7. The van der Waals surface area contributed by atoms with Gasteiger partial charge in [-0.05, 0) is 30.4 Å². The Hall–Kier alpha value is -3.21. The number of hydrogen-bond donors (Lipinski definition) is 1. The Kier molecular flexibility index (Phi) is 5.49. The van der Waals surface area contributed by atoms with Crippen LogP contribution in [0.3, 0.4) is 0 Å². The van der Waals surface area contributed by atoms with E-state index in [2.05, 4.69) is 4.98 Å². The number of primary amides is 1. The van der Waals surface area contributed by atoms with Gasteiger partial charge in [-0.3, -0.25) is 19.8 Å². The van der Waals surface area contributed by atoms with Crippen molar-refractivity contribution in [2.24, 2.45) is 5.73 Å². The van der Waals surface area contributed by atoms with Gasteiger partial charge in [0.1, 0.15) is 17.7 Å². The molecule has 0 unspecified atom stereocenters. The Balaban J connectivity index is 2.32. The van der Waals surface area contributed by atoms with Gasteiger partial charge < -0.3 is 15.2 Å². The van der Waals surface area contributed by atoms with Crippen molar-refractivity contribution in [3.63, 3.8) is 0 Å². The summed E-state index contributed by atoms with van der Waals surface area (Å²) in [6.45, 7) is 2.00. The third-order valence-electron chi connectivity index (χ3n) is 2.95. The highest BCUT2D eigenvalue weighted by molar-refractivity contribution is 7.18. The normalized spacial score (nSPS) is 10.2. The van der Waals surface area contributed by atoms with Gasteiger partial charge in [0.2, 0.25) is 0 Å². The monoisotopic (exact) mass is 366 g/mol. The van der Waals surface area contributed by atoms with Crippen LogP contribution in [0.5, 0.6) is 11.5 Å². The number of aromatic nitrogens is 1. The summed E-state index contributed by atoms with van der Waals surface area (Å²) in [7, 11) is 1.44. The van der Waals surface area contributed by atoms with Crippen LogP contribution >= 0.6 is 11.3 Å². The number of nitrogens with zero attached hydrogens (tertiary/aromatic N) is 3. The molecule has 10 nitrogen and oxygen atoms in total. The predicted molar refractivity (Wildman–Crippen MR) is 89.3 cm³/mol. The van der Waals surface area contributed by atoms with Gasteiger partial charge in [0.25, 0.3) is 5.91 Å². The summed E-state index contributed by atoms with van der Waals surface area (Å²) in [5.41, 5.74) is 5.14. The number of thiazole rings is 1. The van der Waals surface area contributed by atoms with Crippen molar-refractivity contribution in [2.75, 3.05) is 18.6 Å². The van der Waals surface area contributed by atoms with E-state index in [1.54, 1.807) is 6.92 Å². The summed E-state index contributed by atoms with van der Waals surface area (Å²) in [4.78, 5) is 38.7. The first-order chi connectivity index (χ1) is 11.8. The van der Waals surface area contributed by atoms with Gasteiger partial charge in [0.05, 0.1) is 17.1 Å². The molecule has 0 aliphatic rings. The Bertz CT molecular complexity index is 821. The van der Waals surface area contributed by atoms with Crippen molar-refractivity contribution in [3.8, 4) is 11.5 Å². The fourth-order valence-electron chi connectivity index (χ4n) is 1.90. The highest BCUT2D eigenvalue weighted by Crippen LogP contribution is 2.31. The van der Waals surface area contributed by atoms with Crippen molar-refractivity contribution < 1.29 is 24.0 Å². The zero-order chi connectivity index (χ0) is 18.6. The molecule has 0 saturated carbocycles. The molecular formula is C14H14N4O6S. The average Bonchev–Trinajstić information content (AvgIpc) is 3.04. The molecule has 0 radical (unpaired) electrons. The number of nitro groups is 1. The van der Waals surface area contributed by atoms with Gasteiger partial charge in [-0.25, -0.2) is 9.78 Å². The second-order valence-electron chi connectivity index (χ2n) is 4.61. The summed E-state index contributed by atoms with van der Waals surface area (Å²) >= 11 is 0.771. The highest BCUT2D eigenvalue weighted by atomic mass is 32.1. The van der Waals surface area contributed by atoms with Crippen molar-refractivity contribution >= 4 is 33.5 Å². The molecule has 1 aromatic carbocycles. The molecule has 2 aromatic rings. The van der Waals surface area contributed by atoms with Crippen molar-refractivity contribution in [1.29, 1.82) is 0 Å². The van der Waals surface area contributed by atoms with Crippen molar-refractivity contribution in [1.82, 2.24) is 4.98 Å². The molecule has 0 fully saturated rings. The molecule has 132 valence electrons. The number of amides is 2. The Morgan fingerprint density at radius 2 is 2.16 bits per heavy atom. The van der Waals surface area contributed by atoms with Crippen molar-refractivity contribution in [2.45, 2.75) is 6.92 Å². The lowest BCUT2D eigenvalue weighted by Crippen LogP contribution is -2.26. The van der Waals surface area contributed by atoms with E-state index in [9.17, 15) is 19.7 Å². The van der Waals surface area contributed by atoms with E-state index in [1.165, 1.54) is 30.1 Å². The number of nitrogens with two attached hydrogens (primary N) is 1. The van der Waals surface area contributed by atoms with Gasteiger partial charge in [-0.1, -0.05) is 0 Å². The minimum Gasteiger partial charge on any atom is -0.493 e. The zero-order valence-electron chi connectivity index (χ0n) is 13.3. The number of benzene rings is 1. The van der Waals surface area contributed by atoms with Gasteiger partial charge >= 0.3 is 11.1 Å². The first-order valence-corrected chi connectivity index (χ1v) is 7.77. The van der Waals surface area contributed by atoms with E-state index in [0.29, 0.717) is 0 Å². The second-order valence-corrected chi connectivity index (χ2v) is 5.60. The molecular weight excluding hydrogens is 352 g/mol. The minimum absolute atomic E-state index is 0.125. The molecule has 2 rings (SSSR count). The maximum atomic E-state index is 12.7. The number of ether oxygens (including phenoxy) is 2. The molecule has 0 aliphatic carbocycles. The fourth-order valence-corrected chi connectivity index (χ4v) is 2.59. The molecule has 0 spiro atoms. The Morgan fingerprint density at radius 1 is 1.44 bits per heavy atom. The minimum atomic E-state index is -0.992. The lowest BCUT2D eigenvalue weighted by atomic mass is 10.1. The third kappa shape index (κ3) is 4.20. The number of anilines is 1. The number of rotatable bonds is 6. The first-order valence-electron chi connectivity index (χ1n) is 6.96.